The third-order valence-electron chi connectivity index (χ3n) is 6.20. The van der Waals surface area contributed by atoms with Crippen molar-refractivity contribution in [2.45, 2.75) is 32.6 Å². The third-order valence-corrected chi connectivity index (χ3v) is 6.20. The minimum Gasteiger partial charge on any atom is -0.452 e. The number of benzene rings is 2. The van der Waals surface area contributed by atoms with Crippen LogP contribution in [0.5, 0.6) is 0 Å². The van der Waals surface area contributed by atoms with Crippen LogP contribution in [0.2, 0.25) is 0 Å². The molecule has 0 atom stereocenters. The lowest BCUT2D eigenvalue weighted by atomic mass is 10.0. The minimum atomic E-state index is -0.460. The van der Waals surface area contributed by atoms with Crippen LogP contribution in [0, 0.1) is 12.7 Å². The Bertz CT molecular complexity index is 1010. The van der Waals surface area contributed by atoms with E-state index in [1.54, 1.807) is 24.5 Å². The number of carbonyl (C=O) groups is 1. The van der Waals surface area contributed by atoms with E-state index < -0.39 is 11.7 Å². The molecule has 1 aliphatic rings. The quantitative estimate of drug-likeness (QED) is 0.532. The summed E-state index contributed by atoms with van der Waals surface area (Å²) in [5.41, 5.74) is 3.40. The lowest BCUT2D eigenvalue weighted by molar-refractivity contribution is 0.0995. The zero-order chi connectivity index (χ0) is 21.0. The number of hydrogen-bond acceptors (Lipinski definition) is 2. The van der Waals surface area contributed by atoms with E-state index in [9.17, 15) is 9.18 Å². The number of quaternary nitrogens is 1. The number of nitrogens with one attached hydrogen (secondary N) is 1. The van der Waals surface area contributed by atoms with E-state index in [2.05, 4.69) is 29.6 Å². The average molecular weight is 408 g/mol. The second kappa shape index (κ2) is 8.84. The van der Waals surface area contributed by atoms with Gasteiger partial charge in [0.2, 0.25) is 5.76 Å². The zero-order valence-corrected chi connectivity index (χ0v) is 17.4. The summed E-state index contributed by atoms with van der Waals surface area (Å²) in [6, 6.07) is 16.7. The van der Waals surface area contributed by atoms with Crippen LogP contribution in [0.3, 0.4) is 0 Å². The fourth-order valence-electron chi connectivity index (χ4n) is 4.53. The van der Waals surface area contributed by atoms with Crippen molar-refractivity contribution in [2.75, 3.05) is 25.0 Å². The van der Waals surface area contributed by atoms with Gasteiger partial charge in [0.05, 0.1) is 30.9 Å². The van der Waals surface area contributed by atoms with Crippen LogP contribution in [0.15, 0.2) is 65.3 Å². The maximum Gasteiger partial charge on any atom is 0.291 e. The first kappa shape index (κ1) is 20.4. The van der Waals surface area contributed by atoms with Gasteiger partial charge in [0.1, 0.15) is 5.82 Å². The summed E-state index contributed by atoms with van der Waals surface area (Å²) < 4.78 is 20.5. The molecule has 1 aromatic heterocycles. The Kier molecular flexibility index (Phi) is 6.00. The molecule has 0 saturated carbocycles. The molecule has 0 radical (unpaired) electrons. The number of likely N-dealkylation sites (tertiary alicyclic amines) is 1. The molecule has 3 aromatic rings. The van der Waals surface area contributed by atoms with E-state index in [0.717, 1.165) is 54.6 Å². The van der Waals surface area contributed by atoms with E-state index in [1.807, 2.05) is 13.0 Å². The first-order valence-corrected chi connectivity index (χ1v) is 10.6. The van der Waals surface area contributed by atoms with E-state index in [4.69, 9.17) is 4.42 Å². The highest BCUT2D eigenvalue weighted by Crippen LogP contribution is 2.35. The molecule has 156 valence electrons. The van der Waals surface area contributed by atoms with Crippen LogP contribution in [-0.4, -0.2) is 25.5 Å². The number of piperidine rings is 1. The van der Waals surface area contributed by atoms with Crippen LogP contribution in [0.4, 0.5) is 15.8 Å². The topological polar surface area (TPSA) is 42.2 Å². The first-order valence-electron chi connectivity index (χ1n) is 10.6. The molecule has 0 unspecified atom stereocenters. The predicted molar refractivity (Wildman–Crippen MR) is 118 cm³/mol. The monoisotopic (exact) mass is 407 g/mol. The molecular formula is C25H28FN2O2+. The van der Waals surface area contributed by atoms with Gasteiger partial charge in [-0.05, 0) is 43.9 Å². The summed E-state index contributed by atoms with van der Waals surface area (Å²) in [4.78, 5) is 12.8. The Morgan fingerprint density at radius 3 is 2.47 bits per heavy atom. The fourth-order valence-corrected chi connectivity index (χ4v) is 4.53. The van der Waals surface area contributed by atoms with Crippen LogP contribution in [-0.2, 0) is 6.42 Å². The van der Waals surface area contributed by atoms with Crippen molar-refractivity contribution in [1.82, 2.24) is 4.48 Å². The molecule has 1 aliphatic heterocycles. The molecule has 1 saturated heterocycles. The minimum absolute atomic E-state index is 0.158. The number of furan rings is 1. The van der Waals surface area contributed by atoms with E-state index in [1.165, 1.54) is 18.1 Å². The molecule has 2 aromatic carbocycles. The standard InChI is InChI=1S/C25H27FN2O2/c1-19-23(18-30-24(19)25(29)27-22-13-7-6-12-21(22)26)28(15-8-3-9-16-28)17-14-20-10-4-2-5-11-20/h2,4-7,10-13,18H,3,8-9,14-17H2,1H3/p+1. The summed E-state index contributed by atoms with van der Waals surface area (Å²) in [7, 11) is 0. The molecule has 0 aliphatic carbocycles. The molecule has 30 heavy (non-hydrogen) atoms. The third kappa shape index (κ3) is 4.17. The largest absolute Gasteiger partial charge is 0.452 e. The molecule has 2 heterocycles. The summed E-state index contributed by atoms with van der Waals surface area (Å²) in [5, 5.41) is 2.64. The van der Waals surface area contributed by atoms with Gasteiger partial charge in [0.25, 0.3) is 5.91 Å². The lowest BCUT2D eigenvalue weighted by Gasteiger charge is -2.40. The Labute approximate surface area is 176 Å². The normalized spacial score (nSPS) is 15.7. The van der Waals surface area contributed by atoms with Crippen LogP contribution < -0.4 is 9.80 Å². The zero-order valence-electron chi connectivity index (χ0n) is 17.4. The van der Waals surface area contributed by atoms with Gasteiger partial charge in [-0.1, -0.05) is 42.5 Å². The van der Waals surface area contributed by atoms with Crippen LogP contribution in [0.25, 0.3) is 0 Å². The summed E-state index contributed by atoms with van der Waals surface area (Å²) >= 11 is 0. The summed E-state index contributed by atoms with van der Waals surface area (Å²) in [6.45, 7) is 4.99. The molecule has 5 heteroatoms. The van der Waals surface area contributed by atoms with E-state index >= 15 is 0 Å². The van der Waals surface area contributed by atoms with Crippen molar-refractivity contribution in [3.05, 3.63) is 83.6 Å². The summed E-state index contributed by atoms with van der Waals surface area (Å²) in [6.07, 6.45) is 6.28. The van der Waals surface area contributed by atoms with Crippen LogP contribution in [0.1, 0.15) is 40.9 Å². The van der Waals surface area contributed by atoms with Gasteiger partial charge in [-0.2, -0.15) is 0 Å². The maximum atomic E-state index is 13.9. The summed E-state index contributed by atoms with van der Waals surface area (Å²) in [5.74, 6) is -0.615. The van der Waals surface area contributed by atoms with Gasteiger partial charge in [-0.3, -0.25) is 9.28 Å². The van der Waals surface area contributed by atoms with Gasteiger partial charge >= 0.3 is 0 Å². The van der Waals surface area contributed by atoms with Gasteiger partial charge in [0, 0.05) is 6.42 Å². The van der Waals surface area contributed by atoms with Crippen molar-refractivity contribution in [1.29, 1.82) is 0 Å². The Morgan fingerprint density at radius 2 is 1.73 bits per heavy atom. The highest BCUT2D eigenvalue weighted by atomic mass is 19.1. The van der Waals surface area contributed by atoms with Crippen molar-refractivity contribution in [2.24, 2.45) is 0 Å². The molecule has 0 bridgehead atoms. The number of halogens is 1. The number of nitrogens with zero attached hydrogens (tertiary/aromatic N) is 1. The van der Waals surface area contributed by atoms with Gasteiger partial charge in [0.15, 0.2) is 12.0 Å². The van der Waals surface area contributed by atoms with E-state index in [-0.39, 0.29) is 11.4 Å². The molecule has 1 fully saturated rings. The van der Waals surface area contributed by atoms with Crippen molar-refractivity contribution < 1.29 is 13.6 Å². The van der Waals surface area contributed by atoms with Crippen LogP contribution >= 0.6 is 0 Å². The van der Waals surface area contributed by atoms with Crippen molar-refractivity contribution in [3.63, 3.8) is 0 Å². The number of hydrogen-bond donors (Lipinski definition) is 1. The van der Waals surface area contributed by atoms with Crippen molar-refractivity contribution >= 4 is 17.3 Å². The Balaban J connectivity index is 1.58. The lowest BCUT2D eigenvalue weighted by Crippen LogP contribution is -2.54. The molecule has 0 spiro atoms. The number of rotatable bonds is 6. The predicted octanol–water partition coefficient (Wildman–Crippen LogP) is 5.71. The number of carbonyl (C=O) groups excluding carboxylic acids is 1. The SMILES string of the molecule is Cc1c([N+]2(CCc3ccccc3)CCCCC2)coc1C(=O)Nc1ccccc1F. The highest BCUT2D eigenvalue weighted by molar-refractivity contribution is 6.04. The molecule has 1 N–H and O–H groups in total. The molecule has 1 amide bonds. The molecule has 4 rings (SSSR count). The van der Waals surface area contributed by atoms with Gasteiger partial charge in [-0.15, -0.1) is 0 Å². The second-order valence-electron chi connectivity index (χ2n) is 8.12. The Morgan fingerprint density at radius 1 is 1.03 bits per heavy atom. The average Bonchev–Trinajstić information content (AvgIpc) is 3.17. The smallest absolute Gasteiger partial charge is 0.291 e. The molecular weight excluding hydrogens is 379 g/mol. The molecule has 4 nitrogen and oxygen atoms in total. The Hall–Kier alpha value is -2.92. The number of anilines is 1. The number of amides is 1. The van der Waals surface area contributed by atoms with E-state index in [0.29, 0.717) is 0 Å². The second-order valence-corrected chi connectivity index (χ2v) is 8.12. The number of para-hydroxylation sites is 1. The fraction of sp³-hybridized carbons (Fsp3) is 0.320. The van der Waals surface area contributed by atoms with Crippen molar-refractivity contribution in [3.8, 4) is 0 Å². The highest BCUT2D eigenvalue weighted by Gasteiger charge is 2.37. The maximum absolute atomic E-state index is 13.9. The first-order chi connectivity index (χ1) is 14.6. The van der Waals surface area contributed by atoms with Gasteiger partial charge < -0.3 is 9.73 Å². The van der Waals surface area contributed by atoms with Gasteiger partial charge in [-0.25, -0.2) is 4.39 Å².